The van der Waals surface area contributed by atoms with Crippen molar-refractivity contribution >= 4 is 33.5 Å². The minimum atomic E-state index is -3.71. The Labute approximate surface area is 406 Å². The molecule has 1 saturated carbocycles. The van der Waals surface area contributed by atoms with Crippen LogP contribution in [0.15, 0.2) is 47.6 Å². The van der Waals surface area contributed by atoms with E-state index in [2.05, 4.69) is 4.72 Å². The van der Waals surface area contributed by atoms with Gasteiger partial charge in [0.25, 0.3) is 11.7 Å². The van der Waals surface area contributed by atoms with E-state index in [4.69, 9.17) is 18.9 Å². The Hall–Kier alpha value is -3.09. The Bertz CT molecular complexity index is 1930. The fourth-order valence-electron chi connectivity index (χ4n) is 10.5. The van der Waals surface area contributed by atoms with Gasteiger partial charge in [0.1, 0.15) is 24.4 Å². The monoisotopic (exact) mass is 977 g/mol. The number of Topliss-reactive ketones (excluding diaryl/α,β-unsaturated/α-hetero) is 2. The van der Waals surface area contributed by atoms with Gasteiger partial charge in [0.05, 0.1) is 24.1 Å². The van der Waals surface area contributed by atoms with Gasteiger partial charge in [-0.05, 0) is 133 Å². The van der Waals surface area contributed by atoms with Gasteiger partial charge in [0, 0.05) is 38.6 Å². The highest BCUT2D eigenvalue weighted by Crippen LogP contribution is 2.38. The number of fused-ring (bicyclic) bond motifs is 3. The predicted octanol–water partition coefficient (Wildman–Crippen LogP) is 6.29. The quantitative estimate of drug-likeness (QED) is 0.120. The van der Waals surface area contributed by atoms with Crippen LogP contribution in [0.4, 0.5) is 0 Å². The van der Waals surface area contributed by atoms with Crippen LogP contribution in [0.5, 0.6) is 0 Å². The van der Waals surface area contributed by atoms with E-state index < -0.39 is 87.9 Å². The number of allylic oxidation sites excluding steroid dienone is 6. The average Bonchev–Trinajstić information content (AvgIpc) is 3.30. The lowest BCUT2D eigenvalue weighted by Gasteiger charge is -2.43. The van der Waals surface area contributed by atoms with E-state index in [1.807, 2.05) is 45.9 Å². The molecule has 0 aromatic carbocycles. The summed E-state index contributed by atoms with van der Waals surface area (Å²) in [5.74, 6) is -7.01. The first-order valence-corrected chi connectivity index (χ1v) is 26.8. The van der Waals surface area contributed by atoms with Gasteiger partial charge >= 0.3 is 5.97 Å². The number of sulfonamides is 1. The van der Waals surface area contributed by atoms with Gasteiger partial charge in [-0.1, -0.05) is 76.6 Å². The summed E-state index contributed by atoms with van der Waals surface area (Å²) in [6.07, 6.45) is 13.0. The molecule has 68 heavy (non-hydrogen) atoms. The smallest absolute Gasteiger partial charge is 0.329 e. The lowest BCUT2D eigenvalue weighted by molar-refractivity contribution is -0.264. The zero-order valence-corrected chi connectivity index (χ0v) is 43.2. The molecule has 2 bridgehead atoms. The first-order valence-electron chi connectivity index (χ1n) is 25.2. The molecule has 0 spiro atoms. The number of carbonyl (C=O) groups excluding carboxylic acids is 4. The van der Waals surface area contributed by atoms with Crippen LogP contribution in [0, 0.1) is 35.5 Å². The lowest BCUT2D eigenvalue weighted by Crippen LogP contribution is -2.61. The molecule has 4 N–H and O–H groups in total. The Kier molecular flexibility index (Phi) is 22.3. The average molecular weight is 977 g/mol. The van der Waals surface area contributed by atoms with Crippen molar-refractivity contribution in [2.45, 2.75) is 193 Å². The SMILES string of the molecule is CCS(=O)(=O)N[C@H]1C[C@@H]2CC[C@@H](C)[C@@](O)(O2)C(=O)C(=O)N2CCCC[C@H]2C(=O)O[C@H]([C@H](C)C[C@@H]2CC[C@@H](O)[C@H](OC)C2)CC[C@H](C)/C=C(\C)[C@@H](O)[C@@H](OC)C(=O)[C@H](C)C[C@H](C)/C=C/C=CC=C1C. The molecular weight excluding hydrogens is 893 g/mol. The second-order valence-corrected chi connectivity index (χ2v) is 22.6. The Balaban J connectivity index is 1.71. The van der Waals surface area contributed by atoms with Gasteiger partial charge in [-0.25, -0.2) is 17.9 Å². The van der Waals surface area contributed by atoms with E-state index in [0.29, 0.717) is 75.4 Å². The molecule has 1 aliphatic carbocycles. The van der Waals surface area contributed by atoms with Crippen LogP contribution in [0.3, 0.4) is 0 Å². The zero-order valence-electron chi connectivity index (χ0n) is 42.4. The number of piperidine rings is 1. The number of hydrogen-bond acceptors (Lipinski definition) is 13. The molecule has 0 aromatic rings. The van der Waals surface area contributed by atoms with Crippen molar-refractivity contribution in [3.63, 3.8) is 0 Å². The first kappa shape index (κ1) is 57.5. The van der Waals surface area contributed by atoms with E-state index in [9.17, 15) is 42.9 Å². The van der Waals surface area contributed by atoms with Crippen LogP contribution in [0.25, 0.3) is 0 Å². The molecule has 15 atom stereocenters. The normalized spacial score (nSPS) is 38.1. The van der Waals surface area contributed by atoms with Crippen LogP contribution >= 0.6 is 0 Å². The summed E-state index contributed by atoms with van der Waals surface area (Å²) in [6, 6.07) is -1.85. The number of ether oxygens (including phenoxy) is 4. The number of aliphatic hydroxyl groups is 3. The van der Waals surface area contributed by atoms with Crippen LogP contribution in [0.2, 0.25) is 0 Å². The molecule has 3 aliphatic heterocycles. The Morgan fingerprint density at radius 1 is 0.868 bits per heavy atom. The maximum atomic E-state index is 14.4. The van der Waals surface area contributed by atoms with E-state index in [1.165, 1.54) is 18.9 Å². The highest BCUT2D eigenvalue weighted by atomic mass is 32.2. The molecule has 1 amide bonds. The van der Waals surface area contributed by atoms with Crippen molar-refractivity contribution in [1.29, 1.82) is 0 Å². The van der Waals surface area contributed by atoms with Gasteiger partial charge in [-0.2, -0.15) is 0 Å². The van der Waals surface area contributed by atoms with Crippen LogP contribution in [-0.2, 0) is 48.1 Å². The number of carbonyl (C=O) groups is 4. The number of cyclic esters (lactones) is 1. The minimum Gasteiger partial charge on any atom is -0.461 e. The van der Waals surface area contributed by atoms with Gasteiger partial charge in [-0.3, -0.25) is 14.4 Å². The van der Waals surface area contributed by atoms with Gasteiger partial charge < -0.3 is 39.2 Å². The molecule has 0 radical (unpaired) electrons. The van der Waals surface area contributed by atoms with Crippen molar-refractivity contribution in [1.82, 2.24) is 9.62 Å². The zero-order chi connectivity index (χ0) is 50.5. The number of ketones is 2. The van der Waals surface area contributed by atoms with Gasteiger partial charge in [-0.15, -0.1) is 0 Å². The van der Waals surface area contributed by atoms with Crippen molar-refractivity contribution in [2.75, 3.05) is 26.5 Å². The first-order chi connectivity index (χ1) is 32.0. The third-order valence-corrected chi connectivity index (χ3v) is 16.4. The van der Waals surface area contributed by atoms with E-state index >= 15 is 0 Å². The number of esters is 1. The molecule has 2 saturated heterocycles. The Morgan fingerprint density at radius 3 is 2.26 bits per heavy atom. The van der Waals surface area contributed by atoms with Crippen LogP contribution < -0.4 is 4.72 Å². The topological polar surface area (TPSA) is 215 Å². The molecular formula is C52H84N2O13S. The molecule has 4 aliphatic rings. The Morgan fingerprint density at radius 2 is 1.59 bits per heavy atom. The van der Waals surface area contributed by atoms with E-state index in [1.54, 1.807) is 46.1 Å². The van der Waals surface area contributed by atoms with Gasteiger partial charge in [0.2, 0.25) is 15.8 Å². The molecule has 15 nitrogen and oxygen atoms in total. The number of methoxy groups -OCH3 is 2. The maximum Gasteiger partial charge on any atom is 0.329 e. The highest BCUT2D eigenvalue weighted by Gasteiger charge is 2.53. The van der Waals surface area contributed by atoms with Crippen molar-refractivity contribution < 1.29 is 61.9 Å². The third-order valence-electron chi connectivity index (χ3n) is 15.0. The number of hydrogen-bond donors (Lipinski definition) is 4. The van der Waals surface area contributed by atoms with Crippen molar-refractivity contribution in [3.8, 4) is 0 Å². The molecule has 3 heterocycles. The standard InChI is InChI=1S/C52H84N2O13S/c1-11-68(62,63)53-41-31-40-23-21-38(8)52(61,67-40)49(58)50(59)54-26-16-15-19-42(54)51(60)66-44(35(5)29-39-22-24-43(55)45(30-39)64-9)25-20-33(3)28-37(7)47(57)48(65-10)46(56)36(6)27-32(2)17-13-12-14-18-34(41)4/h12-14,17-18,28,32-33,35-36,38-45,47-48,53,55,57,61H,11,15-16,19-27,29-31H2,1-10H3/b14-12?,17-13+,34-18?,37-28+/t32-,33+,35-,36-,38-,39+,40+,41+,42+,43-,44+,45-,47-,48+,52-/m1/s1. The van der Waals surface area contributed by atoms with E-state index in [0.717, 1.165) is 6.42 Å². The molecule has 16 heteroatoms. The van der Waals surface area contributed by atoms with Gasteiger partial charge in [0.15, 0.2) is 5.78 Å². The molecule has 3 fully saturated rings. The highest BCUT2D eigenvalue weighted by molar-refractivity contribution is 7.89. The lowest BCUT2D eigenvalue weighted by atomic mass is 9.78. The van der Waals surface area contributed by atoms with Crippen LogP contribution in [0.1, 0.15) is 139 Å². The summed E-state index contributed by atoms with van der Waals surface area (Å²) < 4.78 is 52.4. The summed E-state index contributed by atoms with van der Waals surface area (Å²) in [4.78, 5) is 58.0. The predicted molar refractivity (Wildman–Crippen MR) is 260 cm³/mol. The maximum absolute atomic E-state index is 14.4. The number of aliphatic hydroxyl groups excluding tert-OH is 2. The number of rotatable bonds is 8. The molecule has 4 rings (SSSR count). The fourth-order valence-corrected chi connectivity index (χ4v) is 11.4. The fraction of sp³-hybridized carbons (Fsp3) is 0.769. The van der Waals surface area contributed by atoms with Crippen molar-refractivity contribution in [2.24, 2.45) is 35.5 Å². The molecule has 0 unspecified atom stereocenters. The number of nitrogens with zero attached hydrogens (tertiary/aromatic N) is 1. The second-order valence-electron chi connectivity index (χ2n) is 20.5. The summed E-state index contributed by atoms with van der Waals surface area (Å²) in [5.41, 5.74) is 1.23. The summed E-state index contributed by atoms with van der Waals surface area (Å²) in [7, 11) is -0.702. The van der Waals surface area contributed by atoms with Crippen LogP contribution in [-0.4, -0.2) is 133 Å². The summed E-state index contributed by atoms with van der Waals surface area (Å²) in [5, 5.41) is 34.0. The van der Waals surface area contributed by atoms with Crippen molar-refractivity contribution in [3.05, 3.63) is 47.6 Å². The number of amides is 1. The molecule has 386 valence electrons. The number of nitrogens with one attached hydrogen (secondary N) is 1. The summed E-state index contributed by atoms with van der Waals surface area (Å²) in [6.45, 7) is 14.7. The second kappa shape index (κ2) is 26.4. The largest absolute Gasteiger partial charge is 0.461 e. The molecule has 0 aromatic heterocycles. The summed E-state index contributed by atoms with van der Waals surface area (Å²) >= 11 is 0. The third kappa shape index (κ3) is 15.7. The minimum absolute atomic E-state index is 0.00868. The van der Waals surface area contributed by atoms with E-state index in [-0.39, 0.29) is 60.7 Å².